The van der Waals surface area contributed by atoms with Gasteiger partial charge in [-0.2, -0.15) is 0 Å². The zero-order valence-electron chi connectivity index (χ0n) is 40.3. The smallest absolute Gasteiger partial charge is 0.306 e. The summed E-state index contributed by atoms with van der Waals surface area (Å²) in [5, 5.41) is 23.6. The van der Waals surface area contributed by atoms with Gasteiger partial charge in [-0.3, -0.25) is 9.59 Å². The minimum atomic E-state index is -0.817. The fourth-order valence-electron chi connectivity index (χ4n) is 7.69. The average molecular weight is 854 g/mol. The number of allylic oxidation sites excluding steroid dienone is 9. The van der Waals surface area contributed by atoms with Crippen LogP contribution in [0, 0.1) is 0 Å². The number of hydrogen-bond donors (Lipinski definition) is 3. The molecule has 0 heterocycles. The van der Waals surface area contributed by atoms with Crippen molar-refractivity contribution in [3.05, 3.63) is 60.8 Å². The molecular weight excluding hydrogens is 755 g/mol. The molecule has 0 rings (SSSR count). The van der Waals surface area contributed by atoms with E-state index in [1.165, 1.54) is 141 Å². The molecule has 0 spiro atoms. The van der Waals surface area contributed by atoms with Crippen molar-refractivity contribution in [1.29, 1.82) is 0 Å². The van der Waals surface area contributed by atoms with Gasteiger partial charge in [-0.05, 0) is 51.0 Å². The molecule has 6 heteroatoms. The van der Waals surface area contributed by atoms with E-state index in [4.69, 9.17) is 4.74 Å². The van der Waals surface area contributed by atoms with Gasteiger partial charge in [0, 0.05) is 6.42 Å². The Kier molecular flexibility index (Phi) is 46.6. The summed E-state index contributed by atoms with van der Waals surface area (Å²) in [4.78, 5) is 26.0. The third kappa shape index (κ3) is 44.0. The van der Waals surface area contributed by atoms with Crippen LogP contribution in [-0.4, -0.2) is 46.9 Å². The Hall–Kier alpha value is -2.44. The van der Waals surface area contributed by atoms with Crippen LogP contribution in [0.4, 0.5) is 0 Å². The second-order valence-electron chi connectivity index (χ2n) is 17.6. The van der Waals surface area contributed by atoms with Gasteiger partial charge in [0.05, 0.1) is 25.2 Å². The third-order valence-corrected chi connectivity index (χ3v) is 11.6. The van der Waals surface area contributed by atoms with E-state index in [0.717, 1.165) is 64.2 Å². The van der Waals surface area contributed by atoms with E-state index in [1.54, 1.807) is 6.08 Å². The quantitative estimate of drug-likeness (QED) is 0.0322. The van der Waals surface area contributed by atoms with Gasteiger partial charge >= 0.3 is 5.97 Å². The van der Waals surface area contributed by atoms with Crippen LogP contribution < -0.4 is 5.32 Å². The van der Waals surface area contributed by atoms with Crippen molar-refractivity contribution in [2.24, 2.45) is 0 Å². The number of esters is 1. The topological polar surface area (TPSA) is 95.9 Å². The van der Waals surface area contributed by atoms with Crippen molar-refractivity contribution in [2.75, 3.05) is 6.61 Å². The van der Waals surface area contributed by atoms with E-state index >= 15 is 0 Å². The third-order valence-electron chi connectivity index (χ3n) is 11.6. The highest BCUT2D eigenvalue weighted by atomic mass is 16.5. The van der Waals surface area contributed by atoms with Crippen molar-refractivity contribution >= 4 is 11.9 Å². The Morgan fingerprint density at radius 3 is 1.25 bits per heavy atom. The van der Waals surface area contributed by atoms with Crippen LogP contribution in [0.15, 0.2) is 60.8 Å². The van der Waals surface area contributed by atoms with Crippen molar-refractivity contribution in [2.45, 2.75) is 270 Å². The summed E-state index contributed by atoms with van der Waals surface area (Å²) in [6.45, 7) is 6.32. The first kappa shape index (κ1) is 58.6. The number of carbonyl (C=O) groups excluding carboxylic acids is 2. The molecule has 1 amide bonds. The van der Waals surface area contributed by atoms with Crippen molar-refractivity contribution in [3.63, 3.8) is 0 Å². The molecule has 6 nitrogen and oxygen atoms in total. The highest BCUT2D eigenvalue weighted by Gasteiger charge is 2.23. The number of aliphatic hydroxyl groups is 2. The molecule has 0 aromatic carbocycles. The van der Waals surface area contributed by atoms with Crippen LogP contribution in [0.5, 0.6) is 0 Å². The number of unbranched alkanes of at least 4 members (excludes halogenated alkanes) is 26. The van der Waals surface area contributed by atoms with Crippen molar-refractivity contribution in [3.8, 4) is 0 Å². The van der Waals surface area contributed by atoms with Gasteiger partial charge in [0.1, 0.15) is 6.10 Å². The summed E-state index contributed by atoms with van der Waals surface area (Å²) in [5.74, 6) is -0.623. The lowest BCUT2D eigenvalue weighted by Crippen LogP contribution is -2.46. The fraction of sp³-hybridized carbons (Fsp3) is 0.782. The number of aliphatic hydroxyl groups excluding tert-OH is 2. The first-order chi connectivity index (χ1) is 30.0. The molecule has 0 fully saturated rings. The van der Waals surface area contributed by atoms with Gasteiger partial charge in [0.2, 0.25) is 5.91 Å². The number of amides is 1. The van der Waals surface area contributed by atoms with Crippen LogP contribution in [0.2, 0.25) is 0 Å². The molecule has 3 unspecified atom stereocenters. The monoisotopic (exact) mass is 854 g/mol. The summed E-state index contributed by atoms with van der Waals surface area (Å²) in [5.41, 5.74) is 0. The number of rotatable bonds is 46. The Labute approximate surface area is 378 Å². The van der Waals surface area contributed by atoms with Gasteiger partial charge in [-0.1, -0.05) is 249 Å². The first-order valence-electron chi connectivity index (χ1n) is 26.0. The molecule has 0 aliphatic heterocycles. The maximum atomic E-state index is 13.1. The zero-order valence-corrected chi connectivity index (χ0v) is 40.3. The number of carbonyl (C=O) groups is 2. The molecule has 0 radical (unpaired) electrons. The van der Waals surface area contributed by atoms with Crippen LogP contribution in [-0.2, 0) is 14.3 Å². The Morgan fingerprint density at radius 1 is 0.492 bits per heavy atom. The van der Waals surface area contributed by atoms with Gasteiger partial charge < -0.3 is 20.3 Å². The largest absolute Gasteiger partial charge is 0.458 e. The van der Waals surface area contributed by atoms with Crippen LogP contribution in [0.3, 0.4) is 0 Å². The fourth-order valence-corrected chi connectivity index (χ4v) is 7.69. The van der Waals surface area contributed by atoms with Crippen LogP contribution >= 0.6 is 0 Å². The first-order valence-corrected chi connectivity index (χ1v) is 26.0. The van der Waals surface area contributed by atoms with Gasteiger partial charge in [0.25, 0.3) is 0 Å². The number of nitrogens with one attached hydrogen (secondary N) is 1. The lowest BCUT2D eigenvalue weighted by atomic mass is 10.0. The molecule has 61 heavy (non-hydrogen) atoms. The molecule has 0 bridgehead atoms. The highest BCUT2D eigenvalue weighted by Crippen LogP contribution is 2.17. The van der Waals surface area contributed by atoms with Crippen molar-refractivity contribution in [1.82, 2.24) is 5.32 Å². The highest BCUT2D eigenvalue weighted by molar-refractivity contribution is 5.78. The van der Waals surface area contributed by atoms with E-state index in [0.29, 0.717) is 19.3 Å². The SMILES string of the molecule is CC/C=C/C/C=C/C/C=C/C/C=C/C/C=C/C(CC(=O)NC(CO)C(O)CCCCCCCCCCC)OC(=O)CCCCCCCCCCCCCCCCCCCCC. The molecule has 0 aliphatic carbocycles. The van der Waals surface area contributed by atoms with E-state index in [-0.39, 0.29) is 24.9 Å². The number of hydrogen-bond acceptors (Lipinski definition) is 5. The lowest BCUT2D eigenvalue weighted by molar-refractivity contribution is -0.148. The van der Waals surface area contributed by atoms with Gasteiger partial charge in [-0.15, -0.1) is 0 Å². The predicted molar refractivity (Wildman–Crippen MR) is 264 cm³/mol. The molecule has 3 atom stereocenters. The second-order valence-corrected chi connectivity index (χ2v) is 17.6. The minimum Gasteiger partial charge on any atom is -0.458 e. The molecule has 354 valence electrons. The maximum absolute atomic E-state index is 13.1. The summed E-state index contributed by atoms with van der Waals surface area (Å²) < 4.78 is 5.82. The summed E-state index contributed by atoms with van der Waals surface area (Å²) in [6, 6.07) is -0.740. The van der Waals surface area contributed by atoms with E-state index in [2.05, 4.69) is 74.7 Å². The Bertz CT molecular complexity index is 1090. The second kappa shape index (κ2) is 48.6. The van der Waals surface area contributed by atoms with E-state index in [1.807, 2.05) is 6.08 Å². The van der Waals surface area contributed by atoms with Gasteiger partial charge in [0.15, 0.2) is 0 Å². The average Bonchev–Trinajstić information content (AvgIpc) is 3.25. The molecule has 0 aromatic heterocycles. The molecule has 0 saturated carbocycles. The maximum Gasteiger partial charge on any atom is 0.306 e. The molecule has 0 aromatic rings. The van der Waals surface area contributed by atoms with Crippen LogP contribution in [0.25, 0.3) is 0 Å². The summed E-state index contributed by atoms with van der Waals surface area (Å²) in [7, 11) is 0. The Balaban J connectivity index is 4.62. The zero-order chi connectivity index (χ0) is 44.5. The molecule has 0 saturated heterocycles. The van der Waals surface area contributed by atoms with E-state index in [9.17, 15) is 19.8 Å². The summed E-state index contributed by atoms with van der Waals surface area (Å²) >= 11 is 0. The molecular formula is C55H99NO5. The Morgan fingerprint density at radius 2 is 0.852 bits per heavy atom. The molecule has 3 N–H and O–H groups in total. The van der Waals surface area contributed by atoms with Gasteiger partial charge in [-0.25, -0.2) is 0 Å². The predicted octanol–water partition coefficient (Wildman–Crippen LogP) is 15.6. The summed E-state index contributed by atoms with van der Waals surface area (Å²) in [6.07, 6.45) is 60.4. The van der Waals surface area contributed by atoms with E-state index < -0.39 is 18.2 Å². The standard InChI is InChI=1S/C55H99NO5/c1-4-7-10-13-16-19-21-23-25-26-27-28-29-31-33-36-39-42-45-48-55(60)61-51(46-43-40-37-35-32-30-24-22-20-17-14-11-8-5-2)49-54(59)56-52(50-57)53(58)47-44-41-38-34-18-15-12-9-6-3/h8,11,17,20,24,30,35,37,43,46,51-53,57-58H,4-7,9-10,12-16,18-19,21-23,25-29,31-34,36,38-42,44-45,47-50H2,1-3H3,(H,56,59)/b11-8+,20-17+,30-24+,37-35+,46-43+. The minimum absolute atomic E-state index is 0.0448. The lowest BCUT2D eigenvalue weighted by Gasteiger charge is -2.23. The normalized spacial score (nSPS) is 13.7. The van der Waals surface area contributed by atoms with Crippen molar-refractivity contribution < 1.29 is 24.5 Å². The van der Waals surface area contributed by atoms with Crippen LogP contribution in [0.1, 0.15) is 252 Å². The number of ether oxygens (including phenoxy) is 1. The molecule has 0 aliphatic rings.